The lowest BCUT2D eigenvalue weighted by molar-refractivity contribution is 0.0925. The van der Waals surface area contributed by atoms with Crippen molar-refractivity contribution in [3.05, 3.63) is 76.5 Å². The first-order valence-electron chi connectivity index (χ1n) is 8.57. The first kappa shape index (κ1) is 17.2. The molecule has 27 heavy (non-hydrogen) atoms. The van der Waals surface area contributed by atoms with Gasteiger partial charge < -0.3 is 9.84 Å². The Balaban J connectivity index is 1.65. The Morgan fingerprint density at radius 2 is 1.93 bits per heavy atom. The van der Waals surface area contributed by atoms with E-state index in [-0.39, 0.29) is 24.5 Å². The summed E-state index contributed by atoms with van der Waals surface area (Å²) in [5, 5.41) is 15.4. The molecular weight excluding hydrogens is 349 g/mol. The Morgan fingerprint density at radius 1 is 1.19 bits per heavy atom. The number of aromatic nitrogens is 3. The van der Waals surface area contributed by atoms with Gasteiger partial charge in [-0.1, -0.05) is 12.1 Å². The number of hydrogen-bond donors (Lipinski definition) is 1. The van der Waals surface area contributed by atoms with E-state index < -0.39 is 6.10 Å². The maximum atomic E-state index is 12.9. The molecule has 6 nitrogen and oxygen atoms in total. The summed E-state index contributed by atoms with van der Waals surface area (Å²) >= 11 is 0. The molecule has 0 bridgehead atoms. The topological polar surface area (TPSA) is 68.8 Å². The van der Waals surface area contributed by atoms with Gasteiger partial charge in [0.25, 0.3) is 5.56 Å². The number of hydrogen-bond acceptors (Lipinski definition) is 4. The molecule has 2 aromatic heterocycles. The molecule has 1 N–H and O–H groups in total. The molecule has 0 aliphatic carbocycles. The number of benzene rings is 2. The van der Waals surface area contributed by atoms with Crippen LogP contribution in [-0.2, 0) is 6.54 Å². The second-order valence-corrected chi connectivity index (χ2v) is 6.41. The maximum absolute atomic E-state index is 12.9. The summed E-state index contributed by atoms with van der Waals surface area (Å²) in [5.41, 5.74) is 1.91. The molecule has 0 aliphatic heterocycles. The highest BCUT2D eigenvalue weighted by Gasteiger charge is 2.16. The molecule has 0 radical (unpaired) electrons. The van der Waals surface area contributed by atoms with E-state index in [1.807, 2.05) is 19.1 Å². The van der Waals surface area contributed by atoms with Crippen LogP contribution < -0.4 is 10.3 Å². The van der Waals surface area contributed by atoms with Crippen molar-refractivity contribution in [2.45, 2.75) is 19.6 Å². The zero-order chi connectivity index (χ0) is 19.0. The van der Waals surface area contributed by atoms with Gasteiger partial charge in [0.1, 0.15) is 29.9 Å². The second-order valence-electron chi connectivity index (χ2n) is 6.41. The van der Waals surface area contributed by atoms with Crippen molar-refractivity contribution in [3.8, 4) is 5.75 Å². The van der Waals surface area contributed by atoms with Crippen LogP contribution >= 0.6 is 0 Å². The van der Waals surface area contributed by atoms with Crippen molar-refractivity contribution < 1.29 is 14.2 Å². The van der Waals surface area contributed by atoms with E-state index in [0.29, 0.717) is 16.8 Å². The quantitative estimate of drug-likeness (QED) is 0.589. The van der Waals surface area contributed by atoms with Gasteiger partial charge in [-0.25, -0.2) is 8.91 Å². The van der Waals surface area contributed by atoms with Gasteiger partial charge >= 0.3 is 0 Å². The van der Waals surface area contributed by atoms with Gasteiger partial charge in [-0.3, -0.25) is 9.36 Å². The van der Waals surface area contributed by atoms with Gasteiger partial charge in [-0.2, -0.15) is 5.10 Å². The fourth-order valence-corrected chi connectivity index (χ4v) is 3.11. The van der Waals surface area contributed by atoms with Crippen molar-refractivity contribution in [2.24, 2.45) is 0 Å². The number of halogens is 1. The van der Waals surface area contributed by atoms with Gasteiger partial charge in [0.15, 0.2) is 0 Å². The molecular formula is C20H18FN3O3. The number of aliphatic hydroxyl groups is 1. The van der Waals surface area contributed by atoms with E-state index in [9.17, 15) is 14.3 Å². The standard InChI is InChI=1S/C20H18FN3O3/c1-13-10-19-23(11-15(25)12-27-16-8-6-14(21)7-9-16)20(26)17-4-2-3-5-18(17)24(19)22-13/h2-10,15,25H,11-12H2,1H3. The van der Waals surface area contributed by atoms with Gasteiger partial charge in [0.2, 0.25) is 0 Å². The predicted octanol–water partition coefficient (Wildman–Crippen LogP) is 2.54. The van der Waals surface area contributed by atoms with Crippen LogP contribution in [0.4, 0.5) is 4.39 Å². The number of aliphatic hydroxyl groups excluding tert-OH is 1. The number of ether oxygens (including phenoxy) is 1. The molecule has 1 atom stereocenters. The Morgan fingerprint density at radius 3 is 2.70 bits per heavy atom. The molecule has 1 unspecified atom stereocenters. The van der Waals surface area contributed by atoms with Crippen LogP contribution in [0.3, 0.4) is 0 Å². The Labute approximate surface area is 154 Å². The molecule has 138 valence electrons. The molecule has 0 spiro atoms. The van der Waals surface area contributed by atoms with Crippen molar-refractivity contribution in [3.63, 3.8) is 0 Å². The number of aryl methyl sites for hydroxylation is 1. The third kappa shape index (κ3) is 3.29. The molecule has 0 fully saturated rings. The fraction of sp³-hybridized carbons (Fsp3) is 0.200. The lowest BCUT2D eigenvalue weighted by Gasteiger charge is -2.16. The molecule has 0 saturated carbocycles. The Bertz CT molecular complexity index is 1160. The zero-order valence-electron chi connectivity index (χ0n) is 14.7. The van der Waals surface area contributed by atoms with Crippen molar-refractivity contribution >= 4 is 16.6 Å². The molecule has 0 saturated heterocycles. The summed E-state index contributed by atoms with van der Waals surface area (Å²) in [6.45, 7) is 1.88. The first-order valence-corrected chi connectivity index (χ1v) is 8.57. The van der Waals surface area contributed by atoms with Crippen LogP contribution in [0.5, 0.6) is 5.75 Å². The first-order chi connectivity index (χ1) is 13.0. The van der Waals surface area contributed by atoms with Crippen LogP contribution in [0.25, 0.3) is 16.6 Å². The monoisotopic (exact) mass is 367 g/mol. The Kier molecular flexibility index (Phi) is 4.37. The highest BCUT2D eigenvalue weighted by atomic mass is 19.1. The lowest BCUT2D eigenvalue weighted by Crippen LogP contribution is -2.31. The number of nitrogens with zero attached hydrogens (tertiary/aromatic N) is 3. The van der Waals surface area contributed by atoms with Gasteiger partial charge in [0, 0.05) is 6.07 Å². The van der Waals surface area contributed by atoms with E-state index in [1.54, 1.807) is 22.7 Å². The molecule has 0 aliphatic rings. The average Bonchev–Trinajstić information content (AvgIpc) is 3.06. The van der Waals surface area contributed by atoms with Gasteiger partial charge in [-0.15, -0.1) is 0 Å². The Hall–Kier alpha value is -3.19. The summed E-state index contributed by atoms with van der Waals surface area (Å²) in [4.78, 5) is 12.9. The maximum Gasteiger partial charge on any atom is 0.261 e. The molecule has 0 amide bonds. The SMILES string of the molecule is Cc1cc2n(CC(O)COc3ccc(F)cc3)c(=O)c3ccccc3n2n1. The fourth-order valence-electron chi connectivity index (χ4n) is 3.11. The number of rotatable bonds is 5. The normalized spacial score (nSPS) is 12.6. The number of fused-ring (bicyclic) bond motifs is 3. The smallest absolute Gasteiger partial charge is 0.261 e. The minimum atomic E-state index is -0.923. The number of para-hydroxylation sites is 1. The second kappa shape index (κ2) is 6.85. The van der Waals surface area contributed by atoms with Gasteiger partial charge in [-0.05, 0) is 43.3 Å². The minimum Gasteiger partial charge on any atom is -0.491 e. The van der Waals surface area contributed by atoms with Gasteiger partial charge in [0.05, 0.1) is 23.1 Å². The minimum absolute atomic E-state index is 0.0236. The molecule has 2 heterocycles. The van der Waals surface area contributed by atoms with E-state index in [2.05, 4.69) is 5.10 Å². The van der Waals surface area contributed by atoms with Crippen molar-refractivity contribution in [1.29, 1.82) is 0 Å². The average molecular weight is 367 g/mol. The largest absolute Gasteiger partial charge is 0.491 e. The van der Waals surface area contributed by atoms with Crippen LogP contribution in [0.2, 0.25) is 0 Å². The highest BCUT2D eigenvalue weighted by molar-refractivity contribution is 5.80. The lowest BCUT2D eigenvalue weighted by atomic mass is 10.2. The van der Waals surface area contributed by atoms with Crippen LogP contribution in [0.15, 0.2) is 59.4 Å². The summed E-state index contributed by atoms with van der Waals surface area (Å²) in [7, 11) is 0. The molecule has 4 rings (SSSR count). The summed E-state index contributed by atoms with van der Waals surface area (Å²) in [6, 6.07) is 14.6. The van der Waals surface area contributed by atoms with Crippen LogP contribution in [0, 0.1) is 12.7 Å². The predicted molar refractivity (Wildman–Crippen MR) is 99.6 cm³/mol. The van der Waals surface area contributed by atoms with E-state index in [4.69, 9.17) is 4.74 Å². The summed E-state index contributed by atoms with van der Waals surface area (Å²) < 4.78 is 21.6. The van der Waals surface area contributed by atoms with Crippen LogP contribution in [-0.4, -0.2) is 32.0 Å². The highest BCUT2D eigenvalue weighted by Crippen LogP contribution is 2.15. The zero-order valence-corrected chi connectivity index (χ0v) is 14.7. The van der Waals surface area contributed by atoms with E-state index in [1.165, 1.54) is 28.8 Å². The summed E-state index contributed by atoms with van der Waals surface area (Å²) in [6.07, 6.45) is -0.923. The van der Waals surface area contributed by atoms with E-state index in [0.717, 1.165) is 11.2 Å². The third-order valence-electron chi connectivity index (χ3n) is 4.35. The van der Waals surface area contributed by atoms with Crippen LogP contribution in [0.1, 0.15) is 5.69 Å². The van der Waals surface area contributed by atoms with E-state index >= 15 is 0 Å². The third-order valence-corrected chi connectivity index (χ3v) is 4.35. The summed E-state index contributed by atoms with van der Waals surface area (Å²) in [5.74, 6) is 0.0933. The molecule has 4 aromatic rings. The van der Waals surface area contributed by atoms with Crippen molar-refractivity contribution in [1.82, 2.24) is 14.2 Å². The molecule has 7 heteroatoms. The van der Waals surface area contributed by atoms with Crippen molar-refractivity contribution in [2.75, 3.05) is 6.61 Å². The molecule has 2 aromatic carbocycles.